The van der Waals surface area contributed by atoms with E-state index in [-0.39, 0.29) is 0 Å². The summed E-state index contributed by atoms with van der Waals surface area (Å²) in [5.41, 5.74) is 14.5. The average Bonchev–Trinajstić information content (AvgIpc) is 3.27. The predicted molar refractivity (Wildman–Crippen MR) is 232 cm³/mol. The fourth-order valence-electron chi connectivity index (χ4n) is 8.57. The van der Waals surface area contributed by atoms with Gasteiger partial charge in [0.2, 0.25) is 0 Å². The summed E-state index contributed by atoms with van der Waals surface area (Å²) in [5.74, 6) is 0. The first-order chi connectivity index (χ1) is 26.8. The topological polar surface area (TPSA) is 0 Å². The highest BCUT2D eigenvalue weighted by molar-refractivity contribution is 6.26. The van der Waals surface area contributed by atoms with Crippen LogP contribution in [0.15, 0.2) is 218 Å². The molecule has 54 heavy (non-hydrogen) atoms. The minimum Gasteiger partial charge on any atom is -0.0622 e. The van der Waals surface area contributed by atoms with Crippen molar-refractivity contribution in [3.8, 4) is 66.8 Å². The van der Waals surface area contributed by atoms with E-state index < -0.39 is 0 Å². The summed E-state index contributed by atoms with van der Waals surface area (Å²) in [6.07, 6.45) is 0. The Kier molecular flexibility index (Phi) is 7.93. The summed E-state index contributed by atoms with van der Waals surface area (Å²) in [4.78, 5) is 0. The molecule has 0 N–H and O–H groups in total. The lowest BCUT2D eigenvalue weighted by Gasteiger charge is -2.29. The number of rotatable bonds is 6. The van der Waals surface area contributed by atoms with Gasteiger partial charge in [-0.3, -0.25) is 0 Å². The van der Waals surface area contributed by atoms with E-state index in [9.17, 15) is 0 Å². The molecule has 10 rings (SSSR count). The molecule has 0 aliphatic carbocycles. The number of hydrogen-bond donors (Lipinski definition) is 0. The lowest BCUT2D eigenvalue weighted by molar-refractivity contribution is 1.52. The third kappa shape index (κ3) is 5.31. The number of benzene rings is 10. The smallest absolute Gasteiger partial charge is 0.00136 e. The molecule has 0 heteroatoms. The Morgan fingerprint density at radius 1 is 0.148 bits per heavy atom. The fraction of sp³-hybridized carbons (Fsp3) is 0. The van der Waals surface area contributed by atoms with Gasteiger partial charge < -0.3 is 0 Å². The van der Waals surface area contributed by atoms with Crippen LogP contribution >= 0.6 is 0 Å². The molecule has 0 atom stereocenters. The Hall–Kier alpha value is -7.02. The van der Waals surface area contributed by atoms with Crippen molar-refractivity contribution in [3.05, 3.63) is 218 Å². The minimum absolute atomic E-state index is 1.18. The van der Waals surface area contributed by atoms with Crippen LogP contribution < -0.4 is 0 Å². The third-order valence-electron chi connectivity index (χ3n) is 10.8. The maximum atomic E-state index is 2.46. The largest absolute Gasteiger partial charge is 0.0622 e. The molecule has 0 bridgehead atoms. The molecule has 0 amide bonds. The molecule has 0 spiro atoms. The predicted octanol–water partition coefficient (Wildman–Crippen LogP) is 15.1. The third-order valence-corrected chi connectivity index (χ3v) is 10.8. The summed E-state index contributed by atoms with van der Waals surface area (Å²) < 4.78 is 0. The van der Waals surface area contributed by atoms with Crippen LogP contribution in [0.1, 0.15) is 0 Å². The zero-order valence-electron chi connectivity index (χ0n) is 29.8. The second kappa shape index (κ2) is 13.5. The number of fused-ring (bicyclic) bond motifs is 6. The molecule has 0 heterocycles. The van der Waals surface area contributed by atoms with E-state index in [1.165, 1.54) is 99.1 Å². The van der Waals surface area contributed by atoms with E-state index in [2.05, 4.69) is 218 Å². The Bertz CT molecular complexity index is 2790. The van der Waals surface area contributed by atoms with Crippen molar-refractivity contribution in [2.45, 2.75) is 0 Å². The monoisotopic (exact) mass is 684 g/mol. The maximum Gasteiger partial charge on any atom is -0.00136 e. The summed E-state index contributed by atoms with van der Waals surface area (Å²) in [6, 6.07) is 79.9. The average molecular weight is 685 g/mol. The molecule has 0 aliphatic rings. The van der Waals surface area contributed by atoms with Crippen LogP contribution in [0.5, 0.6) is 0 Å². The van der Waals surface area contributed by atoms with Crippen molar-refractivity contribution in [2.75, 3.05) is 0 Å². The summed E-state index contributed by atoms with van der Waals surface area (Å²) in [5, 5.41) is 7.63. The zero-order valence-corrected chi connectivity index (χ0v) is 29.8. The van der Waals surface area contributed by atoms with Gasteiger partial charge in [-0.25, -0.2) is 0 Å². The molecular weight excluding hydrogens is 649 g/mol. The molecule has 10 aromatic rings. The Labute approximate surface area is 316 Å². The molecule has 0 radical (unpaired) electrons. The molecule has 0 aliphatic heterocycles. The molecule has 0 fully saturated rings. The van der Waals surface area contributed by atoms with Crippen LogP contribution in [-0.2, 0) is 0 Å². The van der Waals surface area contributed by atoms with E-state index in [0.29, 0.717) is 0 Å². The van der Waals surface area contributed by atoms with Crippen molar-refractivity contribution in [1.29, 1.82) is 0 Å². The van der Waals surface area contributed by atoms with E-state index in [0.717, 1.165) is 0 Å². The Balaban J connectivity index is 1.48. The van der Waals surface area contributed by atoms with E-state index in [1.54, 1.807) is 0 Å². The quantitative estimate of drug-likeness (QED) is 0.153. The molecule has 0 nitrogen and oxygen atoms in total. The standard InChI is InChI=1S/C54H36/c1-6-20-37(21-7-1)49-50(38-22-8-2-9-23-38)52(40-26-12-4-13-27-40)54(53(41-28-14-5-15-29-41)51(49)39-24-10-3-11-25-39)42-34-35-47-45-32-17-16-30-43(45)44-31-18-19-33-46(44)48(47)36-42/h1-36H. The first kappa shape index (κ1) is 31.7. The molecule has 0 unspecified atom stereocenters. The van der Waals surface area contributed by atoms with Gasteiger partial charge in [0.1, 0.15) is 0 Å². The molecule has 10 aromatic carbocycles. The zero-order chi connectivity index (χ0) is 35.8. The highest BCUT2D eigenvalue weighted by Gasteiger charge is 2.29. The van der Waals surface area contributed by atoms with E-state index in [1.807, 2.05) is 0 Å². The van der Waals surface area contributed by atoms with Gasteiger partial charge in [-0.1, -0.05) is 212 Å². The summed E-state index contributed by atoms with van der Waals surface area (Å²) >= 11 is 0. The first-order valence-electron chi connectivity index (χ1n) is 18.7. The van der Waals surface area contributed by atoms with Crippen molar-refractivity contribution in [3.63, 3.8) is 0 Å². The van der Waals surface area contributed by atoms with Crippen LogP contribution in [0.3, 0.4) is 0 Å². The van der Waals surface area contributed by atoms with Gasteiger partial charge in [-0.05, 0) is 105 Å². The van der Waals surface area contributed by atoms with Crippen molar-refractivity contribution in [2.24, 2.45) is 0 Å². The molecular formula is C54H36. The number of hydrogen-bond acceptors (Lipinski definition) is 0. The normalized spacial score (nSPS) is 11.3. The molecule has 0 saturated carbocycles. The van der Waals surface area contributed by atoms with Crippen LogP contribution in [-0.4, -0.2) is 0 Å². The van der Waals surface area contributed by atoms with Crippen LogP contribution in [0, 0.1) is 0 Å². The molecule has 0 aromatic heterocycles. The van der Waals surface area contributed by atoms with Crippen LogP contribution in [0.2, 0.25) is 0 Å². The van der Waals surface area contributed by atoms with Crippen molar-refractivity contribution in [1.82, 2.24) is 0 Å². The molecule has 252 valence electrons. The van der Waals surface area contributed by atoms with Gasteiger partial charge in [0, 0.05) is 0 Å². The highest BCUT2D eigenvalue weighted by atomic mass is 14.3. The van der Waals surface area contributed by atoms with Crippen molar-refractivity contribution < 1.29 is 0 Å². The fourth-order valence-corrected chi connectivity index (χ4v) is 8.57. The van der Waals surface area contributed by atoms with E-state index >= 15 is 0 Å². The Morgan fingerprint density at radius 3 is 0.667 bits per heavy atom. The SMILES string of the molecule is c1ccc(-c2c(-c3ccccc3)c(-c3ccccc3)c(-c3ccc4c5ccccc5c5ccccc5c4c3)c(-c3ccccc3)c2-c2ccccc2)cc1. The molecule has 0 saturated heterocycles. The second-order valence-corrected chi connectivity index (χ2v) is 13.9. The second-order valence-electron chi connectivity index (χ2n) is 13.9. The van der Waals surface area contributed by atoms with Gasteiger partial charge in [0.15, 0.2) is 0 Å². The van der Waals surface area contributed by atoms with Gasteiger partial charge in [0.05, 0.1) is 0 Å². The van der Waals surface area contributed by atoms with Crippen LogP contribution in [0.25, 0.3) is 99.1 Å². The lowest BCUT2D eigenvalue weighted by Crippen LogP contribution is -2.02. The minimum atomic E-state index is 1.18. The maximum absolute atomic E-state index is 2.46. The lowest BCUT2D eigenvalue weighted by atomic mass is 9.74. The highest BCUT2D eigenvalue weighted by Crippen LogP contribution is 2.56. The van der Waals surface area contributed by atoms with Gasteiger partial charge in [0.25, 0.3) is 0 Å². The van der Waals surface area contributed by atoms with Crippen molar-refractivity contribution >= 4 is 32.3 Å². The summed E-state index contributed by atoms with van der Waals surface area (Å²) in [7, 11) is 0. The first-order valence-corrected chi connectivity index (χ1v) is 18.7. The van der Waals surface area contributed by atoms with Gasteiger partial charge in [-0.2, -0.15) is 0 Å². The Morgan fingerprint density at radius 2 is 0.370 bits per heavy atom. The van der Waals surface area contributed by atoms with E-state index in [4.69, 9.17) is 0 Å². The van der Waals surface area contributed by atoms with Crippen LogP contribution in [0.4, 0.5) is 0 Å². The van der Waals surface area contributed by atoms with Gasteiger partial charge >= 0.3 is 0 Å². The summed E-state index contributed by atoms with van der Waals surface area (Å²) in [6.45, 7) is 0. The van der Waals surface area contributed by atoms with Gasteiger partial charge in [-0.15, -0.1) is 0 Å².